The molecule has 1 saturated carbocycles. The number of benzene rings is 1. The molecule has 21 heavy (non-hydrogen) atoms. The van der Waals surface area contributed by atoms with Gasteiger partial charge in [-0.3, -0.25) is 10.0 Å². The Balaban J connectivity index is 2.41. The van der Waals surface area contributed by atoms with Crippen LogP contribution in [0.1, 0.15) is 32.6 Å². The van der Waals surface area contributed by atoms with Crippen molar-refractivity contribution in [1.29, 1.82) is 0 Å². The van der Waals surface area contributed by atoms with E-state index in [1.165, 1.54) is 21.9 Å². The fourth-order valence-corrected chi connectivity index (χ4v) is 4.64. The molecular weight excluding hydrogens is 292 g/mol. The Kier molecular flexibility index (Phi) is 4.65. The normalized spacial score (nSPS) is 17.9. The zero-order valence-corrected chi connectivity index (χ0v) is 12.8. The Morgan fingerprint density at radius 3 is 2.38 bits per heavy atom. The summed E-state index contributed by atoms with van der Waals surface area (Å²) >= 11 is 0. The van der Waals surface area contributed by atoms with E-state index >= 15 is 0 Å². The van der Waals surface area contributed by atoms with Gasteiger partial charge in [0.05, 0.1) is 11.4 Å². The highest BCUT2D eigenvalue weighted by molar-refractivity contribution is 7.89. The summed E-state index contributed by atoms with van der Waals surface area (Å²) < 4.78 is 26.9. The maximum absolute atomic E-state index is 12.8. The second kappa shape index (κ2) is 6.13. The summed E-state index contributed by atoms with van der Waals surface area (Å²) in [6.07, 6.45) is 3.27. The van der Waals surface area contributed by atoms with Crippen LogP contribution < -0.4 is 5.48 Å². The van der Waals surface area contributed by atoms with E-state index in [1.807, 2.05) is 6.92 Å². The van der Waals surface area contributed by atoms with Gasteiger partial charge < -0.3 is 0 Å². The zero-order valence-electron chi connectivity index (χ0n) is 11.9. The van der Waals surface area contributed by atoms with Gasteiger partial charge in [0.25, 0.3) is 5.91 Å². The van der Waals surface area contributed by atoms with Crippen molar-refractivity contribution in [3.8, 4) is 0 Å². The highest BCUT2D eigenvalue weighted by Gasteiger charge is 2.43. The van der Waals surface area contributed by atoms with E-state index in [9.17, 15) is 13.2 Å². The monoisotopic (exact) mass is 312 g/mol. The highest BCUT2D eigenvalue weighted by Crippen LogP contribution is 2.38. The molecule has 2 N–H and O–H groups in total. The van der Waals surface area contributed by atoms with E-state index in [2.05, 4.69) is 0 Å². The van der Waals surface area contributed by atoms with Crippen LogP contribution in [0.3, 0.4) is 0 Å². The number of amides is 1. The van der Waals surface area contributed by atoms with Crippen molar-refractivity contribution in [1.82, 2.24) is 9.79 Å². The minimum atomic E-state index is -3.79. The number of carbonyl (C=O) groups is 1. The first kappa shape index (κ1) is 15.9. The van der Waals surface area contributed by atoms with Gasteiger partial charge in [-0.25, -0.2) is 13.9 Å². The van der Waals surface area contributed by atoms with Crippen LogP contribution in [-0.2, 0) is 14.8 Å². The maximum Gasteiger partial charge on any atom is 0.258 e. The number of rotatable bonds is 5. The second-order valence-corrected chi connectivity index (χ2v) is 7.43. The molecule has 1 aromatic carbocycles. The minimum Gasteiger partial charge on any atom is -0.289 e. The first-order chi connectivity index (χ1) is 9.90. The molecule has 0 radical (unpaired) electrons. The molecule has 0 bridgehead atoms. The van der Waals surface area contributed by atoms with Crippen molar-refractivity contribution < 1.29 is 18.4 Å². The third kappa shape index (κ3) is 3.25. The van der Waals surface area contributed by atoms with Gasteiger partial charge in [-0.1, -0.05) is 31.0 Å². The predicted octanol–water partition coefficient (Wildman–Crippen LogP) is 1.52. The highest BCUT2D eigenvalue weighted by atomic mass is 32.2. The van der Waals surface area contributed by atoms with Gasteiger partial charge in [0.15, 0.2) is 0 Å². The number of nitrogens with zero attached hydrogens (tertiary/aromatic N) is 1. The van der Waals surface area contributed by atoms with Crippen molar-refractivity contribution in [2.75, 3.05) is 6.54 Å². The van der Waals surface area contributed by atoms with Crippen LogP contribution in [-0.4, -0.2) is 35.9 Å². The van der Waals surface area contributed by atoms with Crippen LogP contribution in [0, 0.1) is 0 Å². The molecule has 1 fully saturated rings. The van der Waals surface area contributed by atoms with Crippen molar-refractivity contribution >= 4 is 15.9 Å². The molecule has 1 aliphatic rings. The van der Waals surface area contributed by atoms with Gasteiger partial charge in [-0.2, -0.15) is 4.31 Å². The number of hydroxylamine groups is 1. The van der Waals surface area contributed by atoms with E-state index in [0.717, 1.165) is 12.8 Å². The number of nitrogens with one attached hydrogen (secondary N) is 1. The van der Waals surface area contributed by atoms with Gasteiger partial charge in [-0.05, 0) is 31.9 Å². The Morgan fingerprint density at radius 2 is 1.86 bits per heavy atom. The molecule has 0 unspecified atom stereocenters. The Labute approximate surface area is 124 Å². The molecule has 0 saturated heterocycles. The summed E-state index contributed by atoms with van der Waals surface area (Å²) in [5.74, 6) is -0.734. The molecule has 0 aromatic heterocycles. The lowest BCUT2D eigenvalue weighted by atomic mass is 10.0. The third-order valence-corrected chi connectivity index (χ3v) is 6.04. The molecule has 6 nitrogen and oxygen atoms in total. The van der Waals surface area contributed by atoms with Crippen molar-refractivity contribution in [3.63, 3.8) is 0 Å². The van der Waals surface area contributed by atoms with E-state index in [4.69, 9.17) is 5.21 Å². The van der Waals surface area contributed by atoms with Gasteiger partial charge in [0.2, 0.25) is 10.0 Å². The number of hydrogen-bond acceptors (Lipinski definition) is 4. The molecule has 0 spiro atoms. The van der Waals surface area contributed by atoms with Crippen molar-refractivity contribution in [2.45, 2.75) is 43.0 Å². The summed E-state index contributed by atoms with van der Waals surface area (Å²) in [6.45, 7) is 1.47. The van der Waals surface area contributed by atoms with Crippen LogP contribution in [0.25, 0.3) is 0 Å². The smallest absolute Gasteiger partial charge is 0.258 e. The molecule has 1 aromatic rings. The summed E-state index contributed by atoms with van der Waals surface area (Å²) in [4.78, 5) is 11.7. The molecule has 1 aliphatic carbocycles. The zero-order chi connectivity index (χ0) is 15.5. The first-order valence-electron chi connectivity index (χ1n) is 6.91. The molecule has 7 heteroatoms. The SMILES string of the molecule is CC1(N(CC(=O)NO)S(=O)(=O)c2ccccc2)CCCC1. The lowest BCUT2D eigenvalue weighted by Gasteiger charge is -2.36. The lowest BCUT2D eigenvalue weighted by Crippen LogP contribution is -2.51. The van der Waals surface area contributed by atoms with Crippen LogP contribution in [0.5, 0.6) is 0 Å². The largest absolute Gasteiger partial charge is 0.289 e. The van der Waals surface area contributed by atoms with E-state index < -0.39 is 21.5 Å². The number of hydrogen-bond donors (Lipinski definition) is 2. The van der Waals surface area contributed by atoms with Crippen LogP contribution in [0.4, 0.5) is 0 Å². The van der Waals surface area contributed by atoms with Crippen LogP contribution in [0.2, 0.25) is 0 Å². The topological polar surface area (TPSA) is 86.7 Å². The average molecular weight is 312 g/mol. The summed E-state index contributed by atoms with van der Waals surface area (Å²) in [5.41, 5.74) is 0.919. The van der Waals surface area contributed by atoms with Crippen LogP contribution >= 0.6 is 0 Å². The first-order valence-corrected chi connectivity index (χ1v) is 8.35. The van der Waals surface area contributed by atoms with Gasteiger partial charge in [0, 0.05) is 5.54 Å². The average Bonchev–Trinajstić information content (AvgIpc) is 2.92. The van der Waals surface area contributed by atoms with E-state index in [0.29, 0.717) is 12.8 Å². The number of carbonyl (C=O) groups excluding carboxylic acids is 1. The fourth-order valence-electron chi connectivity index (χ4n) is 2.84. The van der Waals surface area contributed by atoms with Gasteiger partial charge >= 0.3 is 0 Å². The minimum absolute atomic E-state index is 0.156. The van der Waals surface area contributed by atoms with Crippen molar-refractivity contribution in [3.05, 3.63) is 30.3 Å². The maximum atomic E-state index is 12.8. The Morgan fingerprint density at radius 1 is 1.29 bits per heavy atom. The van der Waals surface area contributed by atoms with E-state index in [1.54, 1.807) is 18.2 Å². The molecule has 0 atom stereocenters. The second-order valence-electron chi connectivity index (χ2n) is 5.56. The van der Waals surface area contributed by atoms with Crippen LogP contribution in [0.15, 0.2) is 35.2 Å². The fraction of sp³-hybridized carbons (Fsp3) is 0.500. The summed E-state index contributed by atoms with van der Waals surface area (Å²) in [7, 11) is -3.79. The van der Waals surface area contributed by atoms with E-state index in [-0.39, 0.29) is 11.4 Å². The quantitative estimate of drug-likeness (QED) is 0.637. The lowest BCUT2D eigenvalue weighted by molar-refractivity contribution is -0.130. The summed E-state index contributed by atoms with van der Waals surface area (Å²) in [6, 6.07) is 8.05. The number of sulfonamides is 1. The molecule has 0 aliphatic heterocycles. The summed E-state index contributed by atoms with van der Waals surface area (Å²) in [5, 5.41) is 8.73. The molecular formula is C14H20N2O4S. The molecule has 2 rings (SSSR count). The predicted molar refractivity (Wildman–Crippen MR) is 77.1 cm³/mol. The Hall–Kier alpha value is -1.44. The van der Waals surface area contributed by atoms with Crippen molar-refractivity contribution in [2.24, 2.45) is 0 Å². The third-order valence-electron chi connectivity index (χ3n) is 4.03. The molecule has 0 heterocycles. The van der Waals surface area contributed by atoms with Gasteiger partial charge in [-0.15, -0.1) is 0 Å². The Bertz CT molecular complexity index is 595. The standard InChI is InChI=1S/C14H20N2O4S/c1-14(9-5-6-10-14)16(11-13(17)15-18)21(19,20)12-7-3-2-4-8-12/h2-4,7-8,18H,5-6,9-11H2,1H3,(H,15,17). The molecule has 116 valence electrons. The van der Waals surface area contributed by atoms with Gasteiger partial charge in [0.1, 0.15) is 0 Å². The molecule has 1 amide bonds.